The molecule has 1 aliphatic rings. The van der Waals surface area contributed by atoms with Crippen LogP contribution < -0.4 is 16.4 Å². The average molecular weight is 352 g/mol. The van der Waals surface area contributed by atoms with Crippen LogP contribution >= 0.6 is 23.7 Å². The lowest BCUT2D eigenvalue weighted by molar-refractivity contribution is 0.0953. The molecule has 0 bridgehead atoms. The number of nitrogens with one attached hydrogen (secondary N) is 2. The molecule has 2 heterocycles. The molecule has 1 aliphatic heterocycles. The Balaban J connectivity index is 0.00000192. The number of carbonyl (C=O) groups is 2. The van der Waals surface area contributed by atoms with Gasteiger partial charge >= 0.3 is 0 Å². The van der Waals surface area contributed by atoms with Crippen LogP contribution in [0.25, 0.3) is 0 Å². The molecule has 0 saturated heterocycles. The van der Waals surface area contributed by atoms with Gasteiger partial charge in [0, 0.05) is 18.0 Å². The van der Waals surface area contributed by atoms with Crippen LogP contribution in [0.2, 0.25) is 0 Å². The number of hydrogen-bond donors (Lipinski definition) is 3. The first kappa shape index (κ1) is 17.5. The Kier molecular flexibility index (Phi) is 5.76. The lowest BCUT2D eigenvalue weighted by atomic mass is 9.94. The van der Waals surface area contributed by atoms with Gasteiger partial charge < -0.3 is 16.4 Å². The summed E-state index contributed by atoms with van der Waals surface area (Å²) in [5.41, 5.74) is 8.13. The monoisotopic (exact) mass is 351 g/mol. The largest absolute Gasteiger partial charge is 0.366 e. The minimum Gasteiger partial charge on any atom is -0.366 e. The van der Waals surface area contributed by atoms with E-state index in [1.165, 1.54) is 28.5 Å². The molecule has 0 spiro atoms. The number of fused-ring (bicyclic) bond motifs is 1. The Morgan fingerprint density at radius 2 is 2.13 bits per heavy atom. The highest BCUT2D eigenvalue weighted by atomic mass is 35.5. The highest BCUT2D eigenvalue weighted by Crippen LogP contribution is 2.22. The third-order valence-corrected chi connectivity index (χ3v) is 4.72. The zero-order valence-corrected chi connectivity index (χ0v) is 14.0. The molecular formula is C16H18ClN3O2S. The first-order chi connectivity index (χ1) is 10.6. The molecule has 4 N–H and O–H groups in total. The SMILES string of the molecule is Cl.NC(=O)c1csc(C(=O)NCC2NCCc3ccccc32)c1. The maximum Gasteiger partial charge on any atom is 0.261 e. The Hall–Kier alpha value is -1.89. The topological polar surface area (TPSA) is 84.2 Å². The van der Waals surface area contributed by atoms with Crippen molar-refractivity contribution in [2.75, 3.05) is 13.1 Å². The summed E-state index contributed by atoms with van der Waals surface area (Å²) in [5.74, 6) is -0.694. The second-order valence-electron chi connectivity index (χ2n) is 5.23. The van der Waals surface area contributed by atoms with Crippen LogP contribution in [-0.2, 0) is 6.42 Å². The van der Waals surface area contributed by atoms with E-state index in [-0.39, 0.29) is 24.4 Å². The summed E-state index contributed by atoms with van der Waals surface area (Å²) >= 11 is 1.22. The van der Waals surface area contributed by atoms with Crippen molar-refractivity contribution in [1.29, 1.82) is 0 Å². The maximum absolute atomic E-state index is 12.2. The summed E-state index contributed by atoms with van der Waals surface area (Å²) in [6, 6.07) is 9.92. The fourth-order valence-corrected chi connectivity index (χ4v) is 3.45. The van der Waals surface area contributed by atoms with Crippen molar-refractivity contribution in [3.8, 4) is 0 Å². The van der Waals surface area contributed by atoms with E-state index in [9.17, 15) is 9.59 Å². The Morgan fingerprint density at radius 3 is 2.87 bits per heavy atom. The quantitative estimate of drug-likeness (QED) is 0.786. The third-order valence-electron chi connectivity index (χ3n) is 3.79. The van der Waals surface area contributed by atoms with Gasteiger partial charge in [0.15, 0.2) is 0 Å². The van der Waals surface area contributed by atoms with Crippen LogP contribution in [0.3, 0.4) is 0 Å². The molecule has 1 aromatic heterocycles. The van der Waals surface area contributed by atoms with Gasteiger partial charge in [-0.25, -0.2) is 0 Å². The van der Waals surface area contributed by atoms with E-state index in [2.05, 4.69) is 22.8 Å². The number of hydrogen-bond acceptors (Lipinski definition) is 4. The van der Waals surface area contributed by atoms with Gasteiger partial charge in [-0.05, 0) is 30.2 Å². The van der Waals surface area contributed by atoms with Crippen LogP contribution in [0.5, 0.6) is 0 Å². The van der Waals surface area contributed by atoms with Gasteiger partial charge in [0.25, 0.3) is 5.91 Å². The number of benzene rings is 1. The standard InChI is InChI=1S/C16H17N3O2S.ClH/c17-15(20)11-7-14(22-9-11)16(21)19-8-13-12-4-2-1-3-10(12)5-6-18-13;/h1-4,7,9,13,18H,5-6,8H2,(H2,17,20)(H,19,21);1H. The molecule has 3 rings (SSSR count). The maximum atomic E-state index is 12.2. The predicted molar refractivity (Wildman–Crippen MR) is 93.3 cm³/mol. The molecule has 0 aliphatic carbocycles. The second kappa shape index (κ2) is 7.59. The predicted octanol–water partition coefficient (Wildman–Crippen LogP) is 1.89. The summed E-state index contributed by atoms with van der Waals surface area (Å²) in [6.45, 7) is 1.42. The molecule has 1 atom stereocenters. The average Bonchev–Trinajstić information content (AvgIpc) is 3.03. The van der Waals surface area contributed by atoms with Gasteiger partial charge in [-0.15, -0.1) is 23.7 Å². The number of nitrogens with two attached hydrogens (primary N) is 1. The Morgan fingerprint density at radius 1 is 1.35 bits per heavy atom. The van der Waals surface area contributed by atoms with Gasteiger partial charge in [-0.1, -0.05) is 24.3 Å². The van der Waals surface area contributed by atoms with Crippen molar-refractivity contribution in [3.05, 3.63) is 57.3 Å². The van der Waals surface area contributed by atoms with E-state index in [0.29, 0.717) is 17.0 Å². The van der Waals surface area contributed by atoms with Crippen LogP contribution in [0.4, 0.5) is 0 Å². The van der Waals surface area contributed by atoms with Crippen LogP contribution in [0.1, 0.15) is 37.2 Å². The molecular weight excluding hydrogens is 334 g/mol. The van der Waals surface area contributed by atoms with Crippen molar-refractivity contribution in [1.82, 2.24) is 10.6 Å². The molecule has 1 aromatic carbocycles. The van der Waals surface area contributed by atoms with Crippen molar-refractivity contribution >= 4 is 35.6 Å². The molecule has 2 amide bonds. The zero-order valence-electron chi connectivity index (χ0n) is 12.4. The molecule has 23 heavy (non-hydrogen) atoms. The number of rotatable bonds is 4. The van der Waals surface area contributed by atoms with Crippen LogP contribution in [0.15, 0.2) is 35.7 Å². The molecule has 7 heteroatoms. The number of carbonyl (C=O) groups excluding carboxylic acids is 2. The summed E-state index contributed by atoms with van der Waals surface area (Å²) in [5, 5.41) is 7.94. The van der Waals surface area contributed by atoms with Gasteiger partial charge in [0.05, 0.1) is 10.4 Å². The Bertz CT molecular complexity index is 717. The number of primary amides is 1. The highest BCUT2D eigenvalue weighted by molar-refractivity contribution is 7.12. The van der Waals surface area contributed by atoms with E-state index >= 15 is 0 Å². The first-order valence-corrected chi connectivity index (χ1v) is 8.01. The van der Waals surface area contributed by atoms with Crippen LogP contribution in [-0.4, -0.2) is 24.9 Å². The van der Waals surface area contributed by atoms with E-state index in [4.69, 9.17) is 5.73 Å². The highest BCUT2D eigenvalue weighted by Gasteiger charge is 2.20. The summed E-state index contributed by atoms with van der Waals surface area (Å²) in [4.78, 5) is 23.7. The van der Waals surface area contributed by atoms with E-state index < -0.39 is 5.91 Å². The summed E-state index contributed by atoms with van der Waals surface area (Å²) < 4.78 is 0. The van der Waals surface area contributed by atoms with E-state index in [1.54, 1.807) is 5.38 Å². The number of halogens is 1. The molecule has 0 saturated carbocycles. The lowest BCUT2D eigenvalue weighted by Gasteiger charge is -2.27. The normalized spacial score (nSPS) is 16.1. The van der Waals surface area contributed by atoms with Gasteiger partial charge in [0.1, 0.15) is 0 Å². The molecule has 0 radical (unpaired) electrons. The van der Waals surface area contributed by atoms with Gasteiger partial charge in [-0.2, -0.15) is 0 Å². The number of thiophene rings is 1. The zero-order chi connectivity index (χ0) is 15.5. The minimum absolute atomic E-state index is 0. The van der Waals surface area contributed by atoms with Gasteiger partial charge in [-0.3, -0.25) is 9.59 Å². The summed E-state index contributed by atoms with van der Waals surface area (Å²) in [7, 11) is 0. The van der Waals surface area contributed by atoms with Crippen molar-refractivity contribution in [2.45, 2.75) is 12.5 Å². The Labute approximate surface area is 144 Å². The lowest BCUT2D eigenvalue weighted by Crippen LogP contribution is -2.38. The smallest absolute Gasteiger partial charge is 0.261 e. The molecule has 5 nitrogen and oxygen atoms in total. The fraction of sp³-hybridized carbons (Fsp3) is 0.250. The second-order valence-corrected chi connectivity index (χ2v) is 6.14. The van der Waals surface area contributed by atoms with Crippen molar-refractivity contribution in [2.24, 2.45) is 5.73 Å². The van der Waals surface area contributed by atoms with Crippen molar-refractivity contribution < 1.29 is 9.59 Å². The van der Waals surface area contributed by atoms with E-state index in [1.807, 2.05) is 12.1 Å². The molecule has 0 fully saturated rings. The fourth-order valence-electron chi connectivity index (χ4n) is 2.64. The number of amides is 2. The first-order valence-electron chi connectivity index (χ1n) is 7.13. The van der Waals surface area contributed by atoms with E-state index in [0.717, 1.165) is 13.0 Å². The molecule has 122 valence electrons. The summed E-state index contributed by atoms with van der Waals surface area (Å²) in [6.07, 6.45) is 1.01. The molecule has 2 aromatic rings. The van der Waals surface area contributed by atoms with Gasteiger partial charge in [0.2, 0.25) is 5.91 Å². The minimum atomic E-state index is -0.516. The van der Waals surface area contributed by atoms with Crippen LogP contribution in [0, 0.1) is 0 Å². The third kappa shape index (κ3) is 3.90. The molecule has 1 unspecified atom stereocenters. The van der Waals surface area contributed by atoms with Crippen molar-refractivity contribution in [3.63, 3.8) is 0 Å².